The summed E-state index contributed by atoms with van der Waals surface area (Å²) in [5.74, 6) is 0.866. The second kappa shape index (κ2) is 12.1. The van der Waals surface area contributed by atoms with Crippen LogP contribution in [0.15, 0.2) is 23.8 Å². The second-order valence-electron chi connectivity index (χ2n) is 14.9. The van der Waals surface area contributed by atoms with Crippen molar-refractivity contribution >= 4 is 0 Å². The molecule has 0 radical (unpaired) electrons. The van der Waals surface area contributed by atoms with Gasteiger partial charge in [-0.2, -0.15) is 0 Å². The molecule has 1 saturated heterocycles. The van der Waals surface area contributed by atoms with Gasteiger partial charge in [-0.15, -0.1) is 0 Å². The maximum absolute atomic E-state index is 11.8. The van der Waals surface area contributed by atoms with Crippen LogP contribution in [0.4, 0.5) is 0 Å². The summed E-state index contributed by atoms with van der Waals surface area (Å²) in [6, 6.07) is 0. The van der Waals surface area contributed by atoms with E-state index in [1.54, 1.807) is 0 Å². The first-order chi connectivity index (χ1) is 19.7. The van der Waals surface area contributed by atoms with Crippen molar-refractivity contribution in [2.24, 2.45) is 40.4 Å². The molecule has 0 spiro atoms. The van der Waals surface area contributed by atoms with Crippen LogP contribution in [0.2, 0.25) is 0 Å². The van der Waals surface area contributed by atoms with E-state index in [0.717, 1.165) is 31.3 Å². The fourth-order valence-corrected chi connectivity index (χ4v) is 10.2. The molecule has 9 heteroatoms. The summed E-state index contributed by atoms with van der Waals surface area (Å²) in [6.07, 6.45) is -0.210. The summed E-state index contributed by atoms with van der Waals surface area (Å²) in [5.41, 5.74) is 1.71. The fraction of sp³-hybridized carbons (Fsp3) is 0.879. The molecular formula is C33H54O9. The van der Waals surface area contributed by atoms with Crippen molar-refractivity contribution in [2.75, 3.05) is 6.61 Å². The lowest BCUT2D eigenvalue weighted by Crippen LogP contribution is -2.59. The molecular weight excluding hydrogens is 540 g/mol. The minimum atomic E-state index is -1.51. The van der Waals surface area contributed by atoms with Gasteiger partial charge in [-0.25, -0.2) is 0 Å². The van der Waals surface area contributed by atoms with Gasteiger partial charge in [0.1, 0.15) is 24.4 Å². The molecule has 1 unspecified atom stereocenters. The molecule has 9 nitrogen and oxygen atoms in total. The molecule has 0 aromatic rings. The molecule has 7 N–H and O–H groups in total. The quantitative estimate of drug-likeness (QED) is 0.209. The van der Waals surface area contributed by atoms with E-state index >= 15 is 0 Å². The predicted octanol–water partition coefficient (Wildman–Crippen LogP) is 2.05. The average molecular weight is 595 g/mol. The minimum absolute atomic E-state index is 0.00231. The average Bonchev–Trinajstić information content (AvgIpc) is 3.20. The lowest BCUT2D eigenvalue weighted by molar-refractivity contribution is -0.308. The summed E-state index contributed by atoms with van der Waals surface area (Å²) in [7, 11) is 0. The van der Waals surface area contributed by atoms with Crippen molar-refractivity contribution in [1.82, 2.24) is 0 Å². The van der Waals surface area contributed by atoms with Crippen LogP contribution in [0.25, 0.3) is 0 Å². The van der Waals surface area contributed by atoms with Crippen LogP contribution >= 0.6 is 0 Å². The Morgan fingerprint density at radius 3 is 2.45 bits per heavy atom. The van der Waals surface area contributed by atoms with Gasteiger partial charge in [0.15, 0.2) is 6.29 Å². The lowest BCUT2D eigenvalue weighted by Gasteiger charge is -2.60. The van der Waals surface area contributed by atoms with E-state index in [1.165, 1.54) is 5.57 Å². The summed E-state index contributed by atoms with van der Waals surface area (Å²) < 4.78 is 11.6. The third kappa shape index (κ3) is 5.45. The first-order valence-electron chi connectivity index (χ1n) is 16.1. The third-order valence-corrected chi connectivity index (χ3v) is 12.3. The molecule has 0 aromatic heterocycles. The number of hydrogen-bond donors (Lipinski definition) is 7. The second-order valence-corrected chi connectivity index (χ2v) is 14.9. The van der Waals surface area contributed by atoms with Gasteiger partial charge < -0.3 is 45.2 Å². The highest BCUT2D eigenvalue weighted by Gasteiger charge is 2.64. The van der Waals surface area contributed by atoms with E-state index in [1.807, 2.05) is 6.92 Å². The Morgan fingerprint density at radius 2 is 1.79 bits per heavy atom. The van der Waals surface area contributed by atoms with Crippen LogP contribution in [-0.4, -0.2) is 97.5 Å². The van der Waals surface area contributed by atoms with E-state index in [2.05, 4.69) is 33.4 Å². The van der Waals surface area contributed by atoms with Crippen molar-refractivity contribution in [2.45, 2.75) is 134 Å². The van der Waals surface area contributed by atoms with Gasteiger partial charge in [0.05, 0.1) is 31.0 Å². The number of aliphatic hydroxyl groups is 7. The molecule has 4 aliphatic carbocycles. The van der Waals surface area contributed by atoms with Crippen LogP contribution in [0, 0.1) is 40.4 Å². The van der Waals surface area contributed by atoms with Crippen molar-refractivity contribution in [3.05, 3.63) is 23.8 Å². The van der Waals surface area contributed by atoms with Gasteiger partial charge in [0.25, 0.3) is 0 Å². The molecule has 5 rings (SSSR count). The van der Waals surface area contributed by atoms with E-state index in [-0.39, 0.29) is 34.7 Å². The van der Waals surface area contributed by atoms with Gasteiger partial charge in [-0.3, -0.25) is 0 Å². The Morgan fingerprint density at radius 1 is 1.07 bits per heavy atom. The SMILES string of the molecule is C=C(C)C(CC[C@@H](C)[C@H]1[C@@H](O)C[C@H]2[C@@H]3CC=C4C[C@@H](O)CC[C@]4(C)[C@H]3[C@H](O)C[C@]12C)O[C@@H]1O[C@H](CO)[C@@H](O)[C@H](O)[C@H]1O. The van der Waals surface area contributed by atoms with E-state index < -0.39 is 55.6 Å². The van der Waals surface area contributed by atoms with Gasteiger partial charge >= 0.3 is 0 Å². The van der Waals surface area contributed by atoms with Crippen LogP contribution in [-0.2, 0) is 9.47 Å². The Labute approximate surface area is 250 Å². The highest BCUT2D eigenvalue weighted by atomic mass is 16.7. The highest BCUT2D eigenvalue weighted by molar-refractivity contribution is 5.27. The summed E-state index contributed by atoms with van der Waals surface area (Å²) in [6.45, 7) is 12.1. The van der Waals surface area contributed by atoms with Gasteiger partial charge in [-0.05, 0) is 98.7 Å². The first kappa shape index (κ1) is 32.5. The molecule has 1 aliphatic heterocycles. The number of aliphatic hydroxyl groups excluding tert-OH is 7. The molecule has 0 amide bonds. The largest absolute Gasteiger partial charge is 0.394 e. The van der Waals surface area contributed by atoms with Crippen LogP contribution < -0.4 is 0 Å². The number of rotatable bonds is 8. The van der Waals surface area contributed by atoms with Gasteiger partial charge in [-0.1, -0.05) is 44.6 Å². The molecule has 0 aromatic carbocycles. The van der Waals surface area contributed by atoms with Crippen molar-refractivity contribution in [3.63, 3.8) is 0 Å². The number of allylic oxidation sites excluding steroid dienone is 1. The predicted molar refractivity (Wildman–Crippen MR) is 156 cm³/mol. The number of ether oxygens (including phenoxy) is 2. The minimum Gasteiger partial charge on any atom is -0.394 e. The Kier molecular flexibility index (Phi) is 9.40. The third-order valence-electron chi connectivity index (χ3n) is 12.3. The molecule has 240 valence electrons. The van der Waals surface area contributed by atoms with Crippen LogP contribution in [0.1, 0.15) is 79.1 Å². The van der Waals surface area contributed by atoms with Crippen LogP contribution in [0.5, 0.6) is 0 Å². The van der Waals surface area contributed by atoms with E-state index in [4.69, 9.17) is 9.47 Å². The Balaban J connectivity index is 1.28. The molecule has 5 aliphatic rings. The summed E-state index contributed by atoms with van der Waals surface area (Å²) >= 11 is 0. The van der Waals surface area contributed by atoms with Crippen molar-refractivity contribution in [3.8, 4) is 0 Å². The zero-order valence-corrected chi connectivity index (χ0v) is 25.7. The molecule has 1 heterocycles. The number of fused-ring (bicyclic) bond motifs is 5. The Bertz CT molecular complexity index is 1020. The summed E-state index contributed by atoms with van der Waals surface area (Å²) in [5, 5.41) is 73.9. The van der Waals surface area contributed by atoms with Gasteiger partial charge in [0.2, 0.25) is 0 Å². The zero-order chi connectivity index (χ0) is 30.7. The molecule has 42 heavy (non-hydrogen) atoms. The van der Waals surface area contributed by atoms with Crippen molar-refractivity contribution < 1.29 is 45.2 Å². The molecule has 16 atom stereocenters. The standard InChI is InChI=1S/C33H54O9/c1-16(2)24(41-31-30(40)29(39)28(38)25(15-34)42-31)9-6-17(3)26-22(36)13-21-20-8-7-18-12-19(35)10-11-32(18,4)27(20)23(37)14-33(21,26)5/h7,17,19-31,34-40H,1,6,8-15H2,2-5H3/t17-,19+,20+,21+,22+,23-,24?,25-,26+,27-,28-,29+,30-,31-,32+,33+/m1/s1. The van der Waals surface area contributed by atoms with E-state index in [0.29, 0.717) is 37.5 Å². The van der Waals surface area contributed by atoms with E-state index in [9.17, 15) is 35.7 Å². The monoisotopic (exact) mass is 594 g/mol. The molecule has 4 fully saturated rings. The topological polar surface area (TPSA) is 160 Å². The maximum atomic E-state index is 11.8. The fourth-order valence-electron chi connectivity index (χ4n) is 10.2. The lowest BCUT2D eigenvalue weighted by atomic mass is 9.46. The maximum Gasteiger partial charge on any atom is 0.187 e. The highest BCUT2D eigenvalue weighted by Crippen LogP contribution is 2.67. The molecule has 3 saturated carbocycles. The normalized spacial score (nSPS) is 50.2. The molecule has 0 bridgehead atoms. The van der Waals surface area contributed by atoms with Crippen LogP contribution in [0.3, 0.4) is 0 Å². The van der Waals surface area contributed by atoms with Crippen molar-refractivity contribution in [1.29, 1.82) is 0 Å². The zero-order valence-electron chi connectivity index (χ0n) is 25.7. The first-order valence-corrected chi connectivity index (χ1v) is 16.1. The van der Waals surface area contributed by atoms with Gasteiger partial charge in [0, 0.05) is 0 Å². The number of hydrogen-bond acceptors (Lipinski definition) is 9. The smallest absolute Gasteiger partial charge is 0.187 e. The Hall–Kier alpha value is -0.880. The summed E-state index contributed by atoms with van der Waals surface area (Å²) in [4.78, 5) is 0.